The van der Waals surface area contributed by atoms with Gasteiger partial charge >= 0.3 is 6.09 Å². The van der Waals surface area contributed by atoms with Crippen molar-refractivity contribution in [3.63, 3.8) is 0 Å². The van der Waals surface area contributed by atoms with Crippen molar-refractivity contribution in [2.45, 2.75) is 71.4 Å². The molecule has 0 spiro atoms. The predicted octanol–water partition coefficient (Wildman–Crippen LogP) is 3.73. The van der Waals surface area contributed by atoms with Crippen LogP contribution in [0.25, 0.3) is 0 Å². The van der Waals surface area contributed by atoms with E-state index in [0.29, 0.717) is 12.5 Å². The molecule has 2 heterocycles. The molecule has 0 bridgehead atoms. The lowest BCUT2D eigenvalue weighted by Gasteiger charge is -2.36. The molecule has 1 aromatic heterocycles. The van der Waals surface area contributed by atoms with Gasteiger partial charge in [-0.1, -0.05) is 0 Å². The van der Waals surface area contributed by atoms with Crippen LogP contribution in [0.5, 0.6) is 5.88 Å². The van der Waals surface area contributed by atoms with Crippen molar-refractivity contribution in [1.29, 1.82) is 0 Å². The zero-order chi connectivity index (χ0) is 17.6. The first-order valence-corrected chi connectivity index (χ1v) is 8.78. The number of hydrogen-bond acceptors (Lipinski definition) is 5. The Morgan fingerprint density at radius 1 is 1.29 bits per heavy atom. The SMILES string of the molecule is Cc1ccc(OCCC[C@@H]2CCCCN2C(=O)OC(C)(C)C)nn1. The van der Waals surface area contributed by atoms with E-state index in [2.05, 4.69) is 10.2 Å². The lowest BCUT2D eigenvalue weighted by atomic mass is 9.98. The summed E-state index contributed by atoms with van der Waals surface area (Å²) in [6.45, 7) is 8.96. The highest BCUT2D eigenvalue weighted by Crippen LogP contribution is 2.23. The molecule has 0 unspecified atom stereocenters. The molecule has 24 heavy (non-hydrogen) atoms. The average molecular weight is 335 g/mol. The Labute approximate surface area is 144 Å². The van der Waals surface area contributed by atoms with Crippen molar-refractivity contribution in [3.05, 3.63) is 17.8 Å². The lowest BCUT2D eigenvalue weighted by molar-refractivity contribution is 0.00822. The third-order valence-corrected chi connectivity index (χ3v) is 3.96. The van der Waals surface area contributed by atoms with Crippen LogP contribution in [0.4, 0.5) is 4.79 Å². The summed E-state index contributed by atoms with van der Waals surface area (Å²) in [5.41, 5.74) is 0.421. The Morgan fingerprint density at radius 2 is 2.08 bits per heavy atom. The van der Waals surface area contributed by atoms with Gasteiger partial charge in [-0.05, 0) is 65.9 Å². The van der Waals surface area contributed by atoms with E-state index >= 15 is 0 Å². The van der Waals surface area contributed by atoms with Crippen molar-refractivity contribution in [2.75, 3.05) is 13.2 Å². The highest BCUT2D eigenvalue weighted by atomic mass is 16.6. The van der Waals surface area contributed by atoms with Crippen molar-refractivity contribution in [1.82, 2.24) is 15.1 Å². The fourth-order valence-electron chi connectivity index (χ4n) is 2.82. The summed E-state index contributed by atoms with van der Waals surface area (Å²) in [7, 11) is 0. The number of aromatic nitrogens is 2. The van der Waals surface area contributed by atoms with Gasteiger partial charge in [0.05, 0.1) is 12.3 Å². The van der Waals surface area contributed by atoms with Crippen molar-refractivity contribution in [2.24, 2.45) is 0 Å². The lowest BCUT2D eigenvalue weighted by Crippen LogP contribution is -2.46. The van der Waals surface area contributed by atoms with Crippen LogP contribution in [0.3, 0.4) is 0 Å². The number of carbonyl (C=O) groups is 1. The largest absolute Gasteiger partial charge is 0.477 e. The van der Waals surface area contributed by atoms with Crippen LogP contribution in [0.1, 0.15) is 58.6 Å². The van der Waals surface area contributed by atoms with E-state index in [-0.39, 0.29) is 12.1 Å². The first-order chi connectivity index (χ1) is 11.3. The standard InChI is InChI=1S/C18H29N3O3/c1-14-10-11-16(20-19-14)23-13-7-9-15-8-5-6-12-21(15)17(22)24-18(2,3)4/h10-11,15H,5-9,12-13H2,1-4H3/t15-/m0/s1. The molecular formula is C18H29N3O3. The fourth-order valence-corrected chi connectivity index (χ4v) is 2.82. The topological polar surface area (TPSA) is 64.5 Å². The Kier molecular flexibility index (Phi) is 6.40. The van der Waals surface area contributed by atoms with Gasteiger partial charge in [-0.3, -0.25) is 0 Å². The van der Waals surface area contributed by atoms with E-state index in [1.54, 1.807) is 0 Å². The Hall–Kier alpha value is -1.85. The number of nitrogens with zero attached hydrogens (tertiary/aromatic N) is 3. The maximum absolute atomic E-state index is 12.4. The number of likely N-dealkylation sites (tertiary alicyclic amines) is 1. The highest BCUT2D eigenvalue weighted by Gasteiger charge is 2.30. The molecule has 6 nitrogen and oxygen atoms in total. The van der Waals surface area contributed by atoms with E-state index in [0.717, 1.165) is 44.3 Å². The molecule has 134 valence electrons. The minimum Gasteiger partial charge on any atom is -0.477 e. The van der Waals surface area contributed by atoms with Gasteiger partial charge in [0.2, 0.25) is 5.88 Å². The molecular weight excluding hydrogens is 306 g/mol. The third-order valence-electron chi connectivity index (χ3n) is 3.96. The number of amides is 1. The summed E-state index contributed by atoms with van der Waals surface area (Å²) >= 11 is 0. The quantitative estimate of drug-likeness (QED) is 0.767. The second-order valence-corrected chi connectivity index (χ2v) is 7.33. The summed E-state index contributed by atoms with van der Waals surface area (Å²) in [6.07, 6.45) is 4.83. The molecule has 1 fully saturated rings. The van der Waals surface area contributed by atoms with Crippen LogP contribution in [-0.2, 0) is 4.74 Å². The molecule has 1 aromatic rings. The van der Waals surface area contributed by atoms with Crippen LogP contribution >= 0.6 is 0 Å². The van der Waals surface area contributed by atoms with Gasteiger partial charge in [0.15, 0.2) is 0 Å². The molecule has 1 aliphatic rings. The summed E-state index contributed by atoms with van der Waals surface area (Å²) < 4.78 is 11.2. The second kappa shape index (κ2) is 8.31. The molecule has 0 N–H and O–H groups in total. The molecule has 0 saturated carbocycles. The summed E-state index contributed by atoms with van der Waals surface area (Å²) in [5.74, 6) is 0.549. The summed E-state index contributed by atoms with van der Waals surface area (Å²) in [6, 6.07) is 3.95. The van der Waals surface area contributed by atoms with Gasteiger partial charge in [-0.15, -0.1) is 5.10 Å². The monoisotopic (exact) mass is 335 g/mol. The molecule has 1 atom stereocenters. The average Bonchev–Trinajstić information content (AvgIpc) is 2.52. The highest BCUT2D eigenvalue weighted by molar-refractivity contribution is 5.68. The summed E-state index contributed by atoms with van der Waals surface area (Å²) in [4.78, 5) is 14.3. The minimum absolute atomic E-state index is 0.197. The van der Waals surface area contributed by atoms with E-state index in [4.69, 9.17) is 9.47 Å². The van der Waals surface area contributed by atoms with Gasteiger partial charge in [0.1, 0.15) is 5.60 Å². The number of ether oxygens (including phenoxy) is 2. The first kappa shape index (κ1) is 18.5. The van der Waals surface area contributed by atoms with Crippen molar-refractivity contribution in [3.8, 4) is 5.88 Å². The maximum atomic E-state index is 12.4. The van der Waals surface area contributed by atoms with Crippen LogP contribution in [-0.4, -0.2) is 46.0 Å². The molecule has 0 aliphatic carbocycles. The van der Waals surface area contributed by atoms with Gasteiger partial charge < -0.3 is 14.4 Å². The number of rotatable bonds is 5. The molecule has 1 aliphatic heterocycles. The molecule has 1 saturated heterocycles. The van der Waals surface area contributed by atoms with Crippen LogP contribution in [0.15, 0.2) is 12.1 Å². The third kappa shape index (κ3) is 5.98. The number of hydrogen-bond donors (Lipinski definition) is 0. The molecule has 0 radical (unpaired) electrons. The molecule has 2 rings (SSSR count). The Bertz CT molecular complexity index is 525. The van der Waals surface area contributed by atoms with E-state index < -0.39 is 5.60 Å². The summed E-state index contributed by atoms with van der Waals surface area (Å²) in [5, 5.41) is 7.96. The fraction of sp³-hybridized carbons (Fsp3) is 0.722. The van der Waals surface area contributed by atoms with Gasteiger partial charge in [-0.25, -0.2) is 4.79 Å². The smallest absolute Gasteiger partial charge is 0.410 e. The predicted molar refractivity (Wildman–Crippen MR) is 92.1 cm³/mol. The van der Waals surface area contributed by atoms with Crippen LogP contribution < -0.4 is 4.74 Å². The Morgan fingerprint density at radius 3 is 2.75 bits per heavy atom. The zero-order valence-corrected chi connectivity index (χ0v) is 15.2. The van der Waals surface area contributed by atoms with E-state index in [1.165, 1.54) is 0 Å². The first-order valence-electron chi connectivity index (χ1n) is 8.78. The van der Waals surface area contributed by atoms with Crippen LogP contribution in [0.2, 0.25) is 0 Å². The number of carbonyl (C=O) groups excluding carboxylic acids is 1. The van der Waals surface area contributed by atoms with Crippen molar-refractivity contribution >= 4 is 6.09 Å². The molecule has 6 heteroatoms. The maximum Gasteiger partial charge on any atom is 0.410 e. The van der Waals surface area contributed by atoms with Gasteiger partial charge in [0.25, 0.3) is 0 Å². The number of aryl methyl sites for hydroxylation is 1. The zero-order valence-electron chi connectivity index (χ0n) is 15.2. The minimum atomic E-state index is -0.452. The van der Waals surface area contributed by atoms with E-state index in [1.807, 2.05) is 44.7 Å². The molecule has 0 aromatic carbocycles. The van der Waals surface area contributed by atoms with Gasteiger partial charge in [-0.2, -0.15) is 5.10 Å². The second-order valence-electron chi connectivity index (χ2n) is 7.33. The van der Waals surface area contributed by atoms with Crippen LogP contribution in [0, 0.1) is 6.92 Å². The van der Waals surface area contributed by atoms with Crippen molar-refractivity contribution < 1.29 is 14.3 Å². The number of piperidine rings is 1. The van der Waals surface area contributed by atoms with E-state index in [9.17, 15) is 4.79 Å². The Balaban J connectivity index is 1.78. The normalized spacial score (nSPS) is 18.3. The molecule has 1 amide bonds. The van der Waals surface area contributed by atoms with Gasteiger partial charge in [0, 0.05) is 18.7 Å².